The molecule has 3 unspecified atom stereocenters. The molecule has 0 bridgehead atoms. The van der Waals surface area contributed by atoms with Crippen molar-refractivity contribution in [2.45, 2.75) is 111 Å². The predicted octanol–water partition coefficient (Wildman–Crippen LogP) is 7.16. The Morgan fingerprint density at radius 3 is 2.66 bits per heavy atom. The number of anilines is 1. The number of nitrogens with zero attached hydrogens (tertiary/aromatic N) is 2. The number of carbonyl (C=O) groups is 2. The second-order valence-electron chi connectivity index (χ2n) is 14.6. The number of benzene rings is 1. The standard InChI is InChI=1S/C35H50N4O4S/c1-20(2)36-19-31(41)43-28-15-22-9-11-25-24(26(22)17-27(28)34(4,5)6)13-14-35(7)29(39-42-8)16-23(32(25)35)10-12-30(40)38-33-37-18-21(3)44-33/h15,17-18,20,23-25,32,36H,9-14,16,19H2,1-8H3,(H,37,38,40)/b39-29+/t23-,24?,25?,32?,35-/m1/s1. The first kappa shape index (κ1) is 32.6. The summed E-state index contributed by atoms with van der Waals surface area (Å²) in [6.45, 7) is 15.2. The number of aryl methyl sites for hydroxylation is 2. The number of nitrogens with one attached hydrogen (secondary N) is 2. The van der Waals surface area contributed by atoms with Gasteiger partial charge >= 0.3 is 5.97 Å². The number of hydrogen-bond donors (Lipinski definition) is 2. The Hall–Kier alpha value is -2.78. The normalized spacial score (nSPS) is 27.1. The van der Waals surface area contributed by atoms with Gasteiger partial charge < -0.3 is 20.2 Å². The minimum Gasteiger partial charge on any atom is -0.425 e. The minimum absolute atomic E-state index is 0.0278. The summed E-state index contributed by atoms with van der Waals surface area (Å²) in [5.41, 5.74) is 4.75. The fourth-order valence-corrected chi connectivity index (χ4v) is 8.90. The van der Waals surface area contributed by atoms with Crippen LogP contribution < -0.4 is 15.4 Å². The zero-order valence-electron chi connectivity index (χ0n) is 27.7. The van der Waals surface area contributed by atoms with Crippen LogP contribution in [0.3, 0.4) is 0 Å². The average molecular weight is 623 g/mol. The fourth-order valence-electron chi connectivity index (χ4n) is 8.22. The zero-order chi connectivity index (χ0) is 31.8. The van der Waals surface area contributed by atoms with Crippen LogP contribution in [0.2, 0.25) is 0 Å². The molecule has 44 heavy (non-hydrogen) atoms. The van der Waals surface area contributed by atoms with Gasteiger partial charge in [0.1, 0.15) is 12.9 Å². The highest BCUT2D eigenvalue weighted by atomic mass is 32.1. The number of ether oxygens (including phenoxy) is 1. The number of carbonyl (C=O) groups excluding carboxylic acids is 2. The van der Waals surface area contributed by atoms with Gasteiger partial charge in [0.05, 0.1) is 12.3 Å². The van der Waals surface area contributed by atoms with E-state index in [0.717, 1.165) is 54.7 Å². The smallest absolute Gasteiger partial charge is 0.325 e. The summed E-state index contributed by atoms with van der Waals surface area (Å²) in [7, 11) is 1.64. The predicted molar refractivity (Wildman–Crippen MR) is 177 cm³/mol. The number of esters is 1. The summed E-state index contributed by atoms with van der Waals surface area (Å²) < 4.78 is 5.99. The third-order valence-corrected chi connectivity index (χ3v) is 11.0. The van der Waals surface area contributed by atoms with Crippen molar-refractivity contribution in [2.75, 3.05) is 19.0 Å². The first-order valence-corrected chi connectivity index (χ1v) is 17.1. The molecule has 1 aromatic carbocycles. The van der Waals surface area contributed by atoms with E-state index in [1.165, 1.54) is 22.5 Å². The summed E-state index contributed by atoms with van der Waals surface area (Å²) in [6.07, 6.45) is 8.13. The molecule has 240 valence electrons. The van der Waals surface area contributed by atoms with Crippen molar-refractivity contribution in [1.29, 1.82) is 0 Å². The van der Waals surface area contributed by atoms with Gasteiger partial charge in [-0.3, -0.25) is 9.59 Å². The summed E-state index contributed by atoms with van der Waals surface area (Å²) in [5.74, 6) is 2.19. The molecule has 0 spiro atoms. The van der Waals surface area contributed by atoms with Gasteiger partial charge in [-0.15, -0.1) is 11.3 Å². The van der Waals surface area contributed by atoms with E-state index in [9.17, 15) is 9.59 Å². The fraction of sp³-hybridized carbons (Fsp3) is 0.657. The van der Waals surface area contributed by atoms with Crippen LogP contribution in [0, 0.1) is 30.1 Å². The monoisotopic (exact) mass is 622 g/mol. The number of oxime groups is 1. The van der Waals surface area contributed by atoms with Crippen LogP contribution >= 0.6 is 11.3 Å². The van der Waals surface area contributed by atoms with Gasteiger partial charge in [-0.2, -0.15) is 0 Å². The molecular formula is C35H50N4O4S. The lowest BCUT2D eigenvalue weighted by Gasteiger charge is -2.50. The Kier molecular flexibility index (Phi) is 9.57. The summed E-state index contributed by atoms with van der Waals surface area (Å²) in [4.78, 5) is 36.5. The molecule has 5 atom stereocenters. The summed E-state index contributed by atoms with van der Waals surface area (Å²) in [6, 6.07) is 4.72. The molecule has 3 aliphatic carbocycles. The second-order valence-corrected chi connectivity index (χ2v) is 15.9. The largest absolute Gasteiger partial charge is 0.425 e. The van der Waals surface area contributed by atoms with E-state index >= 15 is 0 Å². The zero-order valence-corrected chi connectivity index (χ0v) is 28.5. The van der Waals surface area contributed by atoms with Crippen molar-refractivity contribution < 1.29 is 19.2 Å². The van der Waals surface area contributed by atoms with Gasteiger partial charge in [-0.25, -0.2) is 4.98 Å². The number of aromatic nitrogens is 1. The Morgan fingerprint density at radius 1 is 1.23 bits per heavy atom. The van der Waals surface area contributed by atoms with Crippen LogP contribution in [0.1, 0.15) is 108 Å². The molecule has 2 saturated carbocycles. The maximum atomic E-state index is 12.9. The molecule has 0 radical (unpaired) electrons. The highest BCUT2D eigenvalue weighted by molar-refractivity contribution is 7.15. The highest BCUT2D eigenvalue weighted by Crippen LogP contribution is 2.63. The van der Waals surface area contributed by atoms with Crippen LogP contribution in [-0.4, -0.2) is 42.3 Å². The SMILES string of the molecule is CO/N=C1\C[C@@H](CCC(=O)Nc2ncc(C)s2)C2C3CCc4cc(OC(=O)CNC(C)C)c(C(C)(C)C)cc4C3CC[C@]12C. The minimum atomic E-state index is -0.251. The third-order valence-electron chi connectivity index (χ3n) is 10.2. The molecule has 2 N–H and O–H groups in total. The molecule has 9 heteroatoms. The third kappa shape index (κ3) is 6.74. The quantitative estimate of drug-likeness (QED) is 0.175. The highest BCUT2D eigenvalue weighted by Gasteiger charge is 2.57. The molecule has 0 aliphatic heterocycles. The van der Waals surface area contributed by atoms with Crippen molar-refractivity contribution in [2.24, 2.45) is 28.3 Å². The number of amides is 1. The van der Waals surface area contributed by atoms with Crippen molar-refractivity contribution in [3.63, 3.8) is 0 Å². The van der Waals surface area contributed by atoms with Crippen molar-refractivity contribution in [3.8, 4) is 5.75 Å². The molecule has 0 saturated heterocycles. The van der Waals surface area contributed by atoms with Crippen LogP contribution in [0.4, 0.5) is 5.13 Å². The van der Waals surface area contributed by atoms with E-state index in [4.69, 9.17) is 9.57 Å². The number of fused-ring (bicyclic) bond motifs is 5. The summed E-state index contributed by atoms with van der Waals surface area (Å²) in [5, 5.41) is 11.4. The number of hydrogen-bond acceptors (Lipinski definition) is 8. The van der Waals surface area contributed by atoms with Crippen LogP contribution in [0.25, 0.3) is 0 Å². The van der Waals surface area contributed by atoms with E-state index in [1.54, 1.807) is 13.3 Å². The first-order valence-electron chi connectivity index (χ1n) is 16.2. The molecular weight excluding hydrogens is 572 g/mol. The van der Waals surface area contributed by atoms with Crippen LogP contribution in [0.5, 0.6) is 5.75 Å². The van der Waals surface area contributed by atoms with E-state index in [-0.39, 0.29) is 35.3 Å². The van der Waals surface area contributed by atoms with Gasteiger partial charge in [0.2, 0.25) is 5.91 Å². The molecule has 1 heterocycles. The average Bonchev–Trinajstić information content (AvgIpc) is 3.49. The van der Waals surface area contributed by atoms with Crippen LogP contribution in [-0.2, 0) is 26.3 Å². The van der Waals surface area contributed by atoms with Gasteiger partial charge in [0, 0.05) is 34.5 Å². The van der Waals surface area contributed by atoms with Crippen LogP contribution in [0.15, 0.2) is 23.5 Å². The maximum absolute atomic E-state index is 12.9. The van der Waals surface area contributed by atoms with Gasteiger partial charge in [-0.05, 0) is 91.7 Å². The molecule has 3 aliphatic rings. The maximum Gasteiger partial charge on any atom is 0.325 e. The number of thiazole rings is 1. The Balaban J connectivity index is 1.41. The van der Waals surface area contributed by atoms with Crippen molar-refractivity contribution in [1.82, 2.24) is 10.3 Å². The Labute approximate surface area is 266 Å². The van der Waals surface area contributed by atoms with Gasteiger partial charge in [-0.1, -0.05) is 52.8 Å². The summed E-state index contributed by atoms with van der Waals surface area (Å²) >= 11 is 1.51. The van der Waals surface area contributed by atoms with E-state index < -0.39 is 0 Å². The Morgan fingerprint density at radius 2 is 2.00 bits per heavy atom. The van der Waals surface area contributed by atoms with E-state index in [0.29, 0.717) is 41.0 Å². The molecule has 1 amide bonds. The first-order chi connectivity index (χ1) is 20.8. The molecule has 5 rings (SSSR count). The van der Waals surface area contributed by atoms with Crippen molar-refractivity contribution >= 4 is 34.1 Å². The molecule has 2 aromatic rings. The lowest BCUT2D eigenvalue weighted by Crippen LogP contribution is -2.44. The molecule has 2 fully saturated rings. The van der Waals surface area contributed by atoms with E-state index in [2.05, 4.69) is 60.6 Å². The lowest BCUT2D eigenvalue weighted by atomic mass is 9.53. The second kappa shape index (κ2) is 12.9. The van der Waals surface area contributed by atoms with Crippen molar-refractivity contribution in [3.05, 3.63) is 39.9 Å². The Bertz CT molecular complexity index is 1410. The van der Waals surface area contributed by atoms with Gasteiger partial charge in [0.15, 0.2) is 5.13 Å². The number of rotatable bonds is 9. The molecule has 8 nitrogen and oxygen atoms in total. The lowest BCUT2D eigenvalue weighted by molar-refractivity contribution is -0.133. The topological polar surface area (TPSA) is 102 Å². The van der Waals surface area contributed by atoms with Gasteiger partial charge in [0.25, 0.3) is 0 Å². The molecule has 1 aromatic heterocycles. The van der Waals surface area contributed by atoms with E-state index in [1.807, 2.05) is 20.8 Å².